The van der Waals surface area contributed by atoms with Crippen molar-refractivity contribution in [2.75, 3.05) is 0 Å². The van der Waals surface area contributed by atoms with E-state index in [9.17, 15) is 9.18 Å². The summed E-state index contributed by atoms with van der Waals surface area (Å²) in [5.41, 5.74) is 1.33. The van der Waals surface area contributed by atoms with Crippen LogP contribution in [0.1, 0.15) is 27.8 Å². The highest BCUT2D eigenvalue weighted by Crippen LogP contribution is 2.20. The number of halogens is 1. The Kier molecular flexibility index (Phi) is 4.19. The normalized spacial score (nSPS) is 11.9. The fourth-order valence-electron chi connectivity index (χ4n) is 2.41. The second kappa shape index (κ2) is 6.44. The maximum Gasteiger partial charge on any atom is 0.252 e. The van der Waals surface area contributed by atoms with E-state index in [1.54, 1.807) is 6.20 Å². The number of imidazole rings is 1. The Hall–Kier alpha value is -2.95. The van der Waals surface area contributed by atoms with Crippen LogP contribution in [0.3, 0.4) is 0 Å². The van der Waals surface area contributed by atoms with Gasteiger partial charge in [-0.3, -0.25) is 4.79 Å². The van der Waals surface area contributed by atoms with Crippen LogP contribution in [0.25, 0.3) is 0 Å². The topological polar surface area (TPSA) is 46.9 Å². The lowest BCUT2D eigenvalue weighted by Crippen LogP contribution is -2.31. The van der Waals surface area contributed by atoms with E-state index >= 15 is 0 Å². The third-order valence-corrected chi connectivity index (χ3v) is 3.63. The standard InChI is InChI=1S/C18H16FN3O/c1-22-12-11-20-17(22)16(13-5-3-2-4-6-13)21-18(23)14-7-9-15(19)10-8-14/h2-12,16H,1H3,(H,21,23)/t16-/m0/s1. The predicted molar refractivity (Wildman–Crippen MR) is 85.4 cm³/mol. The molecule has 0 bridgehead atoms. The van der Waals surface area contributed by atoms with Gasteiger partial charge in [0.05, 0.1) is 0 Å². The van der Waals surface area contributed by atoms with Crippen LogP contribution in [-0.2, 0) is 7.05 Å². The smallest absolute Gasteiger partial charge is 0.252 e. The van der Waals surface area contributed by atoms with E-state index in [1.165, 1.54) is 24.3 Å². The average Bonchev–Trinajstić information content (AvgIpc) is 2.99. The summed E-state index contributed by atoms with van der Waals surface area (Å²) < 4.78 is 14.9. The van der Waals surface area contributed by atoms with Crippen molar-refractivity contribution in [1.29, 1.82) is 0 Å². The van der Waals surface area contributed by atoms with Crippen molar-refractivity contribution in [3.8, 4) is 0 Å². The summed E-state index contributed by atoms with van der Waals surface area (Å²) >= 11 is 0. The van der Waals surface area contributed by atoms with Crippen LogP contribution in [0.5, 0.6) is 0 Å². The SMILES string of the molecule is Cn1ccnc1[C@@H](NC(=O)c1ccc(F)cc1)c1ccccc1. The number of aryl methyl sites for hydroxylation is 1. The van der Waals surface area contributed by atoms with Gasteiger partial charge in [-0.25, -0.2) is 9.37 Å². The summed E-state index contributed by atoms with van der Waals surface area (Å²) in [7, 11) is 1.88. The van der Waals surface area contributed by atoms with Crippen LogP contribution in [0.2, 0.25) is 0 Å². The number of hydrogen-bond donors (Lipinski definition) is 1. The second-order valence-electron chi connectivity index (χ2n) is 5.22. The van der Waals surface area contributed by atoms with Gasteiger partial charge in [0.2, 0.25) is 0 Å². The van der Waals surface area contributed by atoms with E-state index in [0.717, 1.165) is 11.4 Å². The van der Waals surface area contributed by atoms with Crippen LogP contribution >= 0.6 is 0 Å². The molecule has 0 aliphatic heterocycles. The zero-order valence-corrected chi connectivity index (χ0v) is 12.6. The van der Waals surface area contributed by atoms with Crippen molar-refractivity contribution in [1.82, 2.24) is 14.9 Å². The largest absolute Gasteiger partial charge is 0.338 e. The first-order valence-corrected chi connectivity index (χ1v) is 7.24. The van der Waals surface area contributed by atoms with Crippen molar-refractivity contribution in [3.05, 3.63) is 89.8 Å². The summed E-state index contributed by atoms with van der Waals surface area (Å²) in [6.07, 6.45) is 3.52. The van der Waals surface area contributed by atoms with Crippen molar-refractivity contribution in [2.24, 2.45) is 7.05 Å². The minimum Gasteiger partial charge on any atom is -0.338 e. The number of benzene rings is 2. The van der Waals surface area contributed by atoms with E-state index in [-0.39, 0.29) is 17.8 Å². The molecule has 0 unspecified atom stereocenters. The third-order valence-electron chi connectivity index (χ3n) is 3.63. The van der Waals surface area contributed by atoms with Gasteiger partial charge in [-0.1, -0.05) is 30.3 Å². The maximum atomic E-state index is 13.0. The molecular formula is C18H16FN3O. The van der Waals surface area contributed by atoms with E-state index in [0.29, 0.717) is 5.56 Å². The monoisotopic (exact) mass is 309 g/mol. The summed E-state index contributed by atoms with van der Waals surface area (Å²) in [5.74, 6) is 0.0822. The van der Waals surface area contributed by atoms with Gasteiger partial charge in [0.1, 0.15) is 17.7 Å². The molecule has 0 saturated heterocycles. The quantitative estimate of drug-likeness (QED) is 0.805. The Labute approximate surface area is 133 Å². The molecule has 116 valence electrons. The van der Waals surface area contributed by atoms with Crippen LogP contribution in [-0.4, -0.2) is 15.5 Å². The summed E-state index contributed by atoms with van der Waals surface area (Å²) in [6, 6.07) is 14.7. The van der Waals surface area contributed by atoms with Gasteiger partial charge >= 0.3 is 0 Å². The average molecular weight is 309 g/mol. The first-order chi connectivity index (χ1) is 11.1. The highest BCUT2D eigenvalue weighted by atomic mass is 19.1. The number of carbonyl (C=O) groups is 1. The lowest BCUT2D eigenvalue weighted by Gasteiger charge is -2.19. The number of hydrogen-bond acceptors (Lipinski definition) is 2. The first kappa shape index (κ1) is 15.0. The molecule has 1 N–H and O–H groups in total. The van der Waals surface area contributed by atoms with Crippen LogP contribution < -0.4 is 5.32 Å². The lowest BCUT2D eigenvalue weighted by molar-refractivity contribution is 0.0941. The summed E-state index contributed by atoms with van der Waals surface area (Å²) in [5, 5.41) is 2.97. The third kappa shape index (κ3) is 3.29. The van der Waals surface area contributed by atoms with Gasteiger partial charge in [0.15, 0.2) is 0 Å². The molecule has 0 fully saturated rings. The molecule has 0 aliphatic rings. The fraction of sp³-hybridized carbons (Fsp3) is 0.111. The maximum absolute atomic E-state index is 13.0. The molecule has 1 heterocycles. The summed E-state index contributed by atoms with van der Waals surface area (Å²) in [4.78, 5) is 16.8. The zero-order chi connectivity index (χ0) is 16.2. The van der Waals surface area contributed by atoms with Gasteiger partial charge < -0.3 is 9.88 Å². The molecule has 0 radical (unpaired) electrons. The minimum atomic E-state index is -0.381. The molecule has 0 saturated carbocycles. The lowest BCUT2D eigenvalue weighted by atomic mass is 10.1. The van der Waals surface area contributed by atoms with Gasteiger partial charge in [-0.15, -0.1) is 0 Å². The Balaban J connectivity index is 1.92. The van der Waals surface area contributed by atoms with Gasteiger partial charge in [-0.05, 0) is 29.8 Å². The number of nitrogens with zero attached hydrogens (tertiary/aromatic N) is 2. The number of aromatic nitrogens is 2. The minimum absolute atomic E-state index is 0.276. The van der Waals surface area contributed by atoms with Crippen LogP contribution in [0, 0.1) is 5.82 Å². The fourth-order valence-corrected chi connectivity index (χ4v) is 2.41. The molecule has 23 heavy (non-hydrogen) atoms. The molecule has 0 aliphatic carbocycles. The molecule has 1 atom stereocenters. The Morgan fingerprint density at radius 3 is 2.43 bits per heavy atom. The predicted octanol–water partition coefficient (Wildman–Crippen LogP) is 3.08. The van der Waals surface area contributed by atoms with Crippen molar-refractivity contribution >= 4 is 5.91 Å². The number of nitrogens with one attached hydrogen (secondary N) is 1. The number of rotatable bonds is 4. The van der Waals surface area contributed by atoms with Crippen molar-refractivity contribution < 1.29 is 9.18 Å². The van der Waals surface area contributed by atoms with E-state index in [4.69, 9.17) is 0 Å². The molecule has 5 heteroatoms. The van der Waals surface area contributed by atoms with Gasteiger partial charge in [-0.2, -0.15) is 0 Å². The Morgan fingerprint density at radius 1 is 1.13 bits per heavy atom. The Bertz CT molecular complexity index is 797. The van der Waals surface area contributed by atoms with Crippen LogP contribution in [0.15, 0.2) is 67.0 Å². The molecule has 4 nitrogen and oxygen atoms in total. The highest BCUT2D eigenvalue weighted by Gasteiger charge is 2.21. The zero-order valence-electron chi connectivity index (χ0n) is 12.6. The molecule has 3 aromatic rings. The number of amides is 1. The molecular weight excluding hydrogens is 293 g/mol. The van der Waals surface area contributed by atoms with E-state index in [1.807, 2.05) is 48.1 Å². The van der Waals surface area contributed by atoms with E-state index < -0.39 is 0 Å². The van der Waals surface area contributed by atoms with E-state index in [2.05, 4.69) is 10.3 Å². The molecule has 2 aromatic carbocycles. The molecule has 0 spiro atoms. The van der Waals surface area contributed by atoms with Gasteiger partial charge in [0.25, 0.3) is 5.91 Å². The summed E-state index contributed by atoms with van der Waals surface area (Å²) in [6.45, 7) is 0. The van der Waals surface area contributed by atoms with Crippen molar-refractivity contribution in [2.45, 2.75) is 6.04 Å². The van der Waals surface area contributed by atoms with Crippen molar-refractivity contribution in [3.63, 3.8) is 0 Å². The Morgan fingerprint density at radius 2 is 1.83 bits per heavy atom. The first-order valence-electron chi connectivity index (χ1n) is 7.24. The molecule has 1 aromatic heterocycles. The molecule has 3 rings (SSSR count). The number of carbonyl (C=O) groups excluding carboxylic acids is 1. The molecule has 1 amide bonds. The van der Waals surface area contributed by atoms with Crippen LogP contribution in [0.4, 0.5) is 4.39 Å². The van der Waals surface area contributed by atoms with Gasteiger partial charge in [0, 0.05) is 25.0 Å². The second-order valence-corrected chi connectivity index (χ2v) is 5.22. The highest BCUT2D eigenvalue weighted by molar-refractivity contribution is 5.94.